The number of rotatable bonds is 3. The van der Waals surface area contributed by atoms with Gasteiger partial charge in [-0.15, -0.1) is 12.4 Å². The van der Waals surface area contributed by atoms with Crippen molar-refractivity contribution < 1.29 is 9.53 Å². The predicted molar refractivity (Wildman–Crippen MR) is 103 cm³/mol. The van der Waals surface area contributed by atoms with Gasteiger partial charge in [0.05, 0.1) is 31.1 Å². The third kappa shape index (κ3) is 3.09. The van der Waals surface area contributed by atoms with E-state index in [2.05, 4.69) is 14.9 Å². The fraction of sp³-hybridized carbons (Fsp3) is 0.500. The highest BCUT2D eigenvalue weighted by Crippen LogP contribution is 2.45. The quantitative estimate of drug-likeness (QED) is 0.891. The lowest BCUT2D eigenvalue weighted by Crippen LogP contribution is -2.55. The summed E-state index contributed by atoms with van der Waals surface area (Å²) in [5, 5.41) is 0. The second-order valence-corrected chi connectivity index (χ2v) is 7.11. The summed E-state index contributed by atoms with van der Waals surface area (Å²) in [7, 11) is 1.66. The van der Waals surface area contributed by atoms with E-state index in [-0.39, 0.29) is 23.9 Å². The molecule has 1 saturated carbocycles. The molecule has 0 radical (unpaired) electrons. The standard InChI is InChI=1S/C20H25N3O2.ClH/c1-25-17-8-4-3-7-15(17)13-18(24)23-12-9-16-19(22-14-21-16)20(23)10-5-2-6-11-20;/h3-4,7-8,14H,2,5-6,9-13H2,1H3,(H,21,22);1H. The molecule has 1 aromatic heterocycles. The smallest absolute Gasteiger partial charge is 0.227 e. The maximum absolute atomic E-state index is 13.3. The van der Waals surface area contributed by atoms with Crippen molar-refractivity contribution in [2.75, 3.05) is 13.7 Å². The van der Waals surface area contributed by atoms with E-state index in [9.17, 15) is 4.79 Å². The number of methoxy groups -OCH3 is 1. The van der Waals surface area contributed by atoms with Gasteiger partial charge in [0.1, 0.15) is 5.75 Å². The molecule has 2 heterocycles. The van der Waals surface area contributed by atoms with Gasteiger partial charge in [-0.3, -0.25) is 4.79 Å². The minimum absolute atomic E-state index is 0. The first-order chi connectivity index (χ1) is 12.2. The van der Waals surface area contributed by atoms with Gasteiger partial charge in [-0.1, -0.05) is 37.5 Å². The fourth-order valence-corrected chi connectivity index (χ4v) is 4.59. The molecular weight excluding hydrogens is 350 g/mol. The molecule has 1 amide bonds. The van der Waals surface area contributed by atoms with Gasteiger partial charge in [0.2, 0.25) is 5.91 Å². The summed E-state index contributed by atoms with van der Waals surface area (Å²) in [5.74, 6) is 0.964. The van der Waals surface area contributed by atoms with Crippen molar-refractivity contribution in [2.24, 2.45) is 0 Å². The normalized spacial score (nSPS) is 18.1. The summed E-state index contributed by atoms with van der Waals surface area (Å²) in [6.45, 7) is 0.767. The molecule has 6 heteroatoms. The first kappa shape index (κ1) is 18.8. The van der Waals surface area contributed by atoms with Gasteiger partial charge in [0.25, 0.3) is 0 Å². The Morgan fingerprint density at radius 1 is 1.27 bits per heavy atom. The zero-order valence-electron chi connectivity index (χ0n) is 15.2. The number of para-hydroxylation sites is 1. The molecule has 1 spiro atoms. The van der Waals surface area contributed by atoms with Gasteiger partial charge in [-0.2, -0.15) is 0 Å². The van der Waals surface area contributed by atoms with Crippen LogP contribution < -0.4 is 4.74 Å². The van der Waals surface area contributed by atoms with Gasteiger partial charge in [-0.25, -0.2) is 4.98 Å². The average Bonchev–Trinajstić information content (AvgIpc) is 3.13. The van der Waals surface area contributed by atoms with Crippen LogP contribution >= 0.6 is 12.4 Å². The molecule has 1 fully saturated rings. The van der Waals surface area contributed by atoms with Crippen LogP contribution in [0.4, 0.5) is 0 Å². The second kappa shape index (κ2) is 7.70. The molecule has 0 bridgehead atoms. The number of fused-ring (bicyclic) bond motifs is 2. The Balaban J connectivity index is 0.00000196. The molecule has 4 rings (SSSR count). The van der Waals surface area contributed by atoms with Crippen LogP contribution in [0.15, 0.2) is 30.6 Å². The highest BCUT2D eigenvalue weighted by Gasteiger charge is 2.47. The monoisotopic (exact) mass is 375 g/mol. The summed E-state index contributed by atoms with van der Waals surface area (Å²) < 4.78 is 5.43. The van der Waals surface area contributed by atoms with Crippen LogP contribution in [0.25, 0.3) is 0 Å². The van der Waals surface area contributed by atoms with Crippen molar-refractivity contribution in [3.05, 3.63) is 47.5 Å². The third-order valence-corrected chi connectivity index (χ3v) is 5.78. The lowest BCUT2D eigenvalue weighted by molar-refractivity contribution is -0.140. The second-order valence-electron chi connectivity index (χ2n) is 7.11. The Morgan fingerprint density at radius 2 is 2.04 bits per heavy atom. The Morgan fingerprint density at radius 3 is 2.81 bits per heavy atom. The van der Waals surface area contributed by atoms with E-state index in [0.717, 1.165) is 55.7 Å². The molecule has 5 nitrogen and oxygen atoms in total. The van der Waals surface area contributed by atoms with Crippen molar-refractivity contribution in [3.8, 4) is 5.75 Å². The van der Waals surface area contributed by atoms with E-state index in [1.54, 1.807) is 13.4 Å². The molecular formula is C20H26ClN3O2. The van der Waals surface area contributed by atoms with Crippen LogP contribution in [-0.2, 0) is 23.2 Å². The molecule has 2 aliphatic rings. The first-order valence-corrected chi connectivity index (χ1v) is 9.20. The van der Waals surface area contributed by atoms with Crippen LogP contribution in [-0.4, -0.2) is 34.4 Å². The Labute approximate surface area is 160 Å². The number of carbonyl (C=O) groups is 1. The number of carbonyl (C=O) groups excluding carboxylic acids is 1. The van der Waals surface area contributed by atoms with Crippen LogP contribution in [0.3, 0.4) is 0 Å². The van der Waals surface area contributed by atoms with E-state index in [4.69, 9.17) is 4.74 Å². The number of benzene rings is 1. The number of aromatic amines is 1. The SMILES string of the molecule is COc1ccccc1CC(=O)N1CCc2[nH]cnc2C12CCCCC2.Cl. The van der Waals surface area contributed by atoms with Gasteiger partial charge < -0.3 is 14.6 Å². The molecule has 2 aromatic rings. The molecule has 1 N–H and O–H groups in total. The first-order valence-electron chi connectivity index (χ1n) is 9.20. The number of imidazole rings is 1. The lowest BCUT2D eigenvalue weighted by Gasteiger charge is -2.48. The molecule has 140 valence electrons. The van der Waals surface area contributed by atoms with Crippen LogP contribution in [0.1, 0.15) is 49.1 Å². The number of ether oxygens (including phenoxy) is 1. The number of halogens is 1. The van der Waals surface area contributed by atoms with Crippen LogP contribution in [0, 0.1) is 0 Å². The summed E-state index contributed by atoms with van der Waals surface area (Å²) in [5.41, 5.74) is 3.05. The largest absolute Gasteiger partial charge is 0.496 e. The minimum Gasteiger partial charge on any atom is -0.496 e. The summed E-state index contributed by atoms with van der Waals surface area (Å²) in [6, 6.07) is 7.80. The number of amides is 1. The molecule has 0 unspecified atom stereocenters. The van der Waals surface area contributed by atoms with E-state index >= 15 is 0 Å². The number of hydrogen-bond acceptors (Lipinski definition) is 3. The minimum atomic E-state index is -0.217. The Hall–Kier alpha value is -2.01. The van der Waals surface area contributed by atoms with Gasteiger partial charge >= 0.3 is 0 Å². The maximum atomic E-state index is 13.3. The van der Waals surface area contributed by atoms with Crippen molar-refractivity contribution in [2.45, 2.75) is 50.5 Å². The van der Waals surface area contributed by atoms with E-state index in [1.807, 2.05) is 24.3 Å². The Kier molecular flexibility index (Phi) is 5.56. The Bertz CT molecular complexity index is 768. The van der Waals surface area contributed by atoms with Crippen molar-refractivity contribution in [1.29, 1.82) is 0 Å². The fourth-order valence-electron chi connectivity index (χ4n) is 4.59. The molecule has 26 heavy (non-hydrogen) atoms. The van der Waals surface area contributed by atoms with Crippen molar-refractivity contribution in [3.63, 3.8) is 0 Å². The number of nitrogens with one attached hydrogen (secondary N) is 1. The molecule has 0 atom stereocenters. The maximum Gasteiger partial charge on any atom is 0.227 e. The van der Waals surface area contributed by atoms with Gasteiger partial charge in [0, 0.05) is 24.2 Å². The zero-order chi connectivity index (χ0) is 17.3. The van der Waals surface area contributed by atoms with Gasteiger partial charge in [-0.05, 0) is 18.9 Å². The third-order valence-electron chi connectivity index (χ3n) is 5.78. The van der Waals surface area contributed by atoms with E-state index in [1.165, 1.54) is 12.1 Å². The predicted octanol–water partition coefficient (Wildman–Crippen LogP) is 3.63. The zero-order valence-corrected chi connectivity index (χ0v) is 16.0. The average molecular weight is 376 g/mol. The number of H-pyrrole nitrogens is 1. The lowest BCUT2D eigenvalue weighted by atomic mass is 9.74. The number of nitrogens with zero attached hydrogens (tertiary/aromatic N) is 2. The topological polar surface area (TPSA) is 58.2 Å². The highest BCUT2D eigenvalue weighted by molar-refractivity contribution is 5.85. The summed E-state index contributed by atoms with van der Waals surface area (Å²) in [4.78, 5) is 23.3. The van der Waals surface area contributed by atoms with Crippen molar-refractivity contribution >= 4 is 18.3 Å². The molecule has 1 aliphatic carbocycles. The number of hydrogen-bond donors (Lipinski definition) is 1. The van der Waals surface area contributed by atoms with E-state index < -0.39 is 0 Å². The van der Waals surface area contributed by atoms with Crippen molar-refractivity contribution in [1.82, 2.24) is 14.9 Å². The number of aromatic nitrogens is 2. The molecule has 1 aliphatic heterocycles. The van der Waals surface area contributed by atoms with Crippen LogP contribution in [0.2, 0.25) is 0 Å². The summed E-state index contributed by atoms with van der Waals surface area (Å²) in [6.07, 6.45) is 8.62. The highest BCUT2D eigenvalue weighted by atomic mass is 35.5. The van der Waals surface area contributed by atoms with Crippen LogP contribution in [0.5, 0.6) is 5.75 Å². The van der Waals surface area contributed by atoms with E-state index in [0.29, 0.717) is 6.42 Å². The molecule has 1 aromatic carbocycles. The van der Waals surface area contributed by atoms with Gasteiger partial charge in [0.15, 0.2) is 0 Å². The summed E-state index contributed by atoms with van der Waals surface area (Å²) >= 11 is 0. The molecule has 0 saturated heterocycles.